The Labute approximate surface area is 138 Å². The largest absolute Gasteiger partial charge is 0.496 e. The van der Waals surface area contributed by atoms with Gasteiger partial charge >= 0.3 is 6.03 Å². The highest BCUT2D eigenvalue weighted by Gasteiger charge is 2.18. The van der Waals surface area contributed by atoms with Crippen LogP contribution in [0, 0.1) is 0 Å². The van der Waals surface area contributed by atoms with E-state index in [0.717, 1.165) is 0 Å². The minimum Gasteiger partial charge on any atom is -0.496 e. The average molecular weight is 328 g/mol. The maximum Gasteiger partial charge on any atom is 0.328 e. The van der Waals surface area contributed by atoms with Gasteiger partial charge < -0.3 is 9.47 Å². The van der Waals surface area contributed by atoms with E-state index in [1.165, 1.54) is 26.4 Å². The van der Waals surface area contributed by atoms with Crippen molar-refractivity contribution in [1.29, 1.82) is 0 Å². The molecule has 24 heavy (non-hydrogen) atoms. The molecule has 7 heteroatoms. The topological polar surface area (TPSA) is 93.7 Å². The van der Waals surface area contributed by atoms with Gasteiger partial charge in [0.15, 0.2) is 0 Å². The van der Waals surface area contributed by atoms with Gasteiger partial charge in [-0.25, -0.2) is 4.79 Å². The molecule has 2 aromatic rings. The Balaban J connectivity index is 2.05. The molecule has 4 amide bonds. The van der Waals surface area contributed by atoms with E-state index in [1.807, 2.05) is 0 Å². The van der Waals surface area contributed by atoms with Crippen molar-refractivity contribution in [3.63, 3.8) is 0 Å². The number of hydrogen-bond donors (Lipinski definition) is 2. The van der Waals surface area contributed by atoms with Crippen LogP contribution in [0.25, 0.3) is 0 Å². The van der Waals surface area contributed by atoms with Crippen molar-refractivity contribution < 1.29 is 23.9 Å². The molecule has 2 aromatic carbocycles. The molecule has 0 aliphatic rings. The van der Waals surface area contributed by atoms with Crippen LogP contribution in [0.1, 0.15) is 20.7 Å². The summed E-state index contributed by atoms with van der Waals surface area (Å²) in [6.45, 7) is 0. The number of carbonyl (C=O) groups excluding carboxylic acids is 3. The number of carbonyl (C=O) groups is 3. The van der Waals surface area contributed by atoms with E-state index in [4.69, 9.17) is 9.47 Å². The maximum atomic E-state index is 12.1. The van der Waals surface area contributed by atoms with Crippen molar-refractivity contribution in [1.82, 2.24) is 10.6 Å². The molecule has 2 N–H and O–H groups in total. The summed E-state index contributed by atoms with van der Waals surface area (Å²) in [5.41, 5.74) is 0.361. The minimum absolute atomic E-state index is 0.180. The third-order valence-electron chi connectivity index (χ3n) is 3.16. The second-order valence-electron chi connectivity index (χ2n) is 4.64. The van der Waals surface area contributed by atoms with Crippen LogP contribution in [0.2, 0.25) is 0 Å². The van der Waals surface area contributed by atoms with E-state index in [-0.39, 0.29) is 11.1 Å². The van der Waals surface area contributed by atoms with Crippen LogP contribution in [0.4, 0.5) is 4.79 Å². The standard InChI is InChI=1S/C17H16N2O5/c1-23-13-9-5-3-7-11(13)15(20)18-17(22)19-16(21)12-8-4-6-10-14(12)24-2/h3-10H,1-2H3,(H2,18,19,20,21,22). The molecule has 0 unspecified atom stereocenters. The zero-order chi connectivity index (χ0) is 17.5. The Morgan fingerprint density at radius 2 is 1.08 bits per heavy atom. The van der Waals surface area contributed by atoms with Gasteiger partial charge in [-0.3, -0.25) is 20.2 Å². The number of imide groups is 2. The first-order valence-corrected chi connectivity index (χ1v) is 6.99. The summed E-state index contributed by atoms with van der Waals surface area (Å²) in [4.78, 5) is 36.0. The summed E-state index contributed by atoms with van der Waals surface area (Å²) >= 11 is 0. The lowest BCUT2D eigenvalue weighted by atomic mass is 10.2. The van der Waals surface area contributed by atoms with Crippen LogP contribution in [0.3, 0.4) is 0 Å². The van der Waals surface area contributed by atoms with Crippen LogP contribution in [0.15, 0.2) is 48.5 Å². The molecule has 0 radical (unpaired) electrons. The number of rotatable bonds is 4. The fourth-order valence-corrected chi connectivity index (χ4v) is 2.04. The second-order valence-corrected chi connectivity index (χ2v) is 4.64. The molecule has 7 nitrogen and oxygen atoms in total. The monoisotopic (exact) mass is 328 g/mol. The van der Waals surface area contributed by atoms with Gasteiger partial charge in [-0.2, -0.15) is 0 Å². The van der Waals surface area contributed by atoms with Crippen molar-refractivity contribution >= 4 is 17.8 Å². The molecule has 2 rings (SSSR count). The Morgan fingerprint density at radius 1 is 0.708 bits per heavy atom. The predicted molar refractivity (Wildman–Crippen MR) is 86.3 cm³/mol. The Hall–Kier alpha value is -3.35. The summed E-state index contributed by atoms with van der Waals surface area (Å²) in [6.07, 6.45) is 0. The molecule has 0 aliphatic heterocycles. The quantitative estimate of drug-likeness (QED) is 0.895. The summed E-state index contributed by atoms with van der Waals surface area (Å²) in [6, 6.07) is 11.9. The van der Waals surface area contributed by atoms with E-state index < -0.39 is 17.8 Å². The normalized spacial score (nSPS) is 9.75. The zero-order valence-corrected chi connectivity index (χ0v) is 13.2. The number of amides is 4. The highest BCUT2D eigenvalue weighted by molar-refractivity contribution is 6.12. The smallest absolute Gasteiger partial charge is 0.328 e. The second kappa shape index (κ2) is 7.77. The summed E-state index contributed by atoms with van der Waals surface area (Å²) in [7, 11) is 2.83. The first kappa shape index (κ1) is 17.0. The highest BCUT2D eigenvalue weighted by atomic mass is 16.5. The Morgan fingerprint density at radius 3 is 1.46 bits per heavy atom. The lowest BCUT2D eigenvalue weighted by Gasteiger charge is -2.10. The van der Waals surface area contributed by atoms with E-state index in [0.29, 0.717) is 11.5 Å². The number of para-hydroxylation sites is 2. The molecule has 0 spiro atoms. The van der Waals surface area contributed by atoms with Gasteiger partial charge in [-0.15, -0.1) is 0 Å². The van der Waals surface area contributed by atoms with Crippen LogP contribution < -0.4 is 20.1 Å². The van der Waals surface area contributed by atoms with Crippen molar-refractivity contribution in [2.45, 2.75) is 0 Å². The molecule has 0 saturated heterocycles. The Kier molecular flexibility index (Phi) is 5.51. The fraction of sp³-hybridized carbons (Fsp3) is 0.118. The van der Waals surface area contributed by atoms with E-state index in [2.05, 4.69) is 10.6 Å². The van der Waals surface area contributed by atoms with Crippen LogP contribution >= 0.6 is 0 Å². The molecule has 0 heterocycles. The van der Waals surface area contributed by atoms with Gasteiger partial charge in [0.1, 0.15) is 11.5 Å². The van der Waals surface area contributed by atoms with Gasteiger partial charge in [0.05, 0.1) is 25.3 Å². The summed E-state index contributed by atoms with van der Waals surface area (Å²) in [5, 5.41) is 4.16. The maximum absolute atomic E-state index is 12.1. The van der Waals surface area contributed by atoms with Crippen LogP contribution in [-0.4, -0.2) is 32.1 Å². The molecule has 124 valence electrons. The van der Waals surface area contributed by atoms with E-state index >= 15 is 0 Å². The summed E-state index contributed by atoms with van der Waals surface area (Å²) < 4.78 is 10.1. The van der Waals surface area contributed by atoms with Crippen molar-refractivity contribution in [3.8, 4) is 11.5 Å². The number of ether oxygens (including phenoxy) is 2. The number of methoxy groups -OCH3 is 2. The van der Waals surface area contributed by atoms with Gasteiger partial charge in [-0.05, 0) is 24.3 Å². The summed E-state index contributed by atoms with van der Waals surface area (Å²) in [5.74, 6) is -0.728. The highest BCUT2D eigenvalue weighted by Crippen LogP contribution is 2.18. The first-order chi connectivity index (χ1) is 11.6. The minimum atomic E-state index is -0.943. The lowest BCUT2D eigenvalue weighted by molar-refractivity contribution is 0.0942. The Bertz CT molecular complexity index is 710. The molecule has 0 atom stereocenters. The third kappa shape index (κ3) is 3.89. The number of benzene rings is 2. The van der Waals surface area contributed by atoms with Gasteiger partial charge in [0, 0.05) is 0 Å². The van der Waals surface area contributed by atoms with Crippen LogP contribution in [0.5, 0.6) is 11.5 Å². The SMILES string of the molecule is COc1ccccc1C(=O)NC(=O)NC(=O)c1ccccc1OC. The van der Waals surface area contributed by atoms with Gasteiger partial charge in [-0.1, -0.05) is 24.3 Å². The molecule has 0 aliphatic carbocycles. The number of urea groups is 1. The van der Waals surface area contributed by atoms with Crippen LogP contribution in [-0.2, 0) is 0 Å². The third-order valence-corrected chi connectivity index (χ3v) is 3.16. The molecular formula is C17H16N2O5. The molecule has 0 bridgehead atoms. The van der Waals surface area contributed by atoms with Crippen molar-refractivity contribution in [2.24, 2.45) is 0 Å². The number of hydrogen-bond acceptors (Lipinski definition) is 5. The zero-order valence-electron chi connectivity index (χ0n) is 13.2. The number of nitrogens with one attached hydrogen (secondary N) is 2. The predicted octanol–water partition coefficient (Wildman–Crippen LogP) is 1.98. The average Bonchev–Trinajstić information content (AvgIpc) is 2.61. The van der Waals surface area contributed by atoms with Crippen molar-refractivity contribution in [2.75, 3.05) is 14.2 Å². The molecular weight excluding hydrogens is 312 g/mol. The first-order valence-electron chi connectivity index (χ1n) is 6.99. The molecule has 0 fully saturated rings. The van der Waals surface area contributed by atoms with E-state index in [1.54, 1.807) is 36.4 Å². The molecule has 0 aromatic heterocycles. The van der Waals surface area contributed by atoms with Crippen molar-refractivity contribution in [3.05, 3.63) is 59.7 Å². The van der Waals surface area contributed by atoms with Gasteiger partial charge in [0.2, 0.25) is 0 Å². The molecule has 0 saturated carbocycles. The van der Waals surface area contributed by atoms with E-state index in [9.17, 15) is 14.4 Å². The van der Waals surface area contributed by atoms with Gasteiger partial charge in [0.25, 0.3) is 11.8 Å². The lowest BCUT2D eigenvalue weighted by Crippen LogP contribution is -2.42. The fourth-order valence-electron chi connectivity index (χ4n) is 2.04.